The highest BCUT2D eigenvalue weighted by molar-refractivity contribution is 6.32. The van der Waals surface area contributed by atoms with Crippen LogP contribution in [0.2, 0.25) is 5.02 Å². The smallest absolute Gasteiger partial charge is 0.137 e. The number of aliphatic hydroxyl groups is 1. The molecule has 1 unspecified atom stereocenters. The van der Waals surface area contributed by atoms with Crippen molar-refractivity contribution in [1.29, 1.82) is 0 Å². The van der Waals surface area contributed by atoms with Gasteiger partial charge in [0.1, 0.15) is 5.75 Å². The third-order valence-electron chi connectivity index (χ3n) is 2.77. The summed E-state index contributed by atoms with van der Waals surface area (Å²) in [7, 11) is 0. The van der Waals surface area contributed by atoms with Gasteiger partial charge in [-0.15, -0.1) is 0 Å². The molecule has 0 radical (unpaired) electrons. The van der Waals surface area contributed by atoms with Crippen molar-refractivity contribution < 1.29 is 9.84 Å². The fourth-order valence-electron chi connectivity index (χ4n) is 1.73. The minimum atomic E-state index is -0.0394. The third kappa shape index (κ3) is 3.25. The maximum absolute atomic E-state index is 9.41. The number of aliphatic hydroxyl groups excluding tert-OH is 1. The van der Waals surface area contributed by atoms with Crippen LogP contribution in [0.15, 0.2) is 54.6 Å². The quantitative estimate of drug-likeness (QED) is 0.894. The Balaban J connectivity index is 2.02. The lowest BCUT2D eigenvalue weighted by molar-refractivity contribution is 0.205. The highest BCUT2D eigenvalue weighted by atomic mass is 35.5. The summed E-state index contributed by atoms with van der Waals surface area (Å²) >= 11 is 6.01. The molecule has 0 saturated heterocycles. The second kappa shape index (κ2) is 6.43. The summed E-state index contributed by atoms with van der Waals surface area (Å²) in [5.41, 5.74) is 1.06. The van der Waals surface area contributed by atoms with Crippen molar-refractivity contribution >= 4 is 11.6 Å². The van der Waals surface area contributed by atoms with Gasteiger partial charge in [0, 0.05) is 5.92 Å². The van der Waals surface area contributed by atoms with E-state index < -0.39 is 0 Å². The highest BCUT2D eigenvalue weighted by Crippen LogP contribution is 2.25. The van der Waals surface area contributed by atoms with Gasteiger partial charge >= 0.3 is 0 Å². The van der Waals surface area contributed by atoms with Gasteiger partial charge < -0.3 is 9.84 Å². The first-order valence-corrected chi connectivity index (χ1v) is 6.22. The van der Waals surface area contributed by atoms with Crippen LogP contribution in [-0.4, -0.2) is 18.3 Å². The zero-order valence-electron chi connectivity index (χ0n) is 9.92. The van der Waals surface area contributed by atoms with Gasteiger partial charge in [-0.1, -0.05) is 54.1 Å². The normalized spacial score (nSPS) is 12.1. The predicted molar refractivity (Wildman–Crippen MR) is 73.2 cm³/mol. The zero-order valence-corrected chi connectivity index (χ0v) is 10.7. The number of para-hydroxylation sites is 1. The lowest BCUT2D eigenvalue weighted by atomic mass is 10.0. The summed E-state index contributed by atoms with van der Waals surface area (Å²) in [6.45, 7) is 0.457. The molecule has 2 nitrogen and oxygen atoms in total. The average molecular weight is 263 g/mol. The second-order valence-electron chi connectivity index (χ2n) is 4.03. The van der Waals surface area contributed by atoms with Crippen molar-refractivity contribution in [2.45, 2.75) is 5.92 Å². The number of hydrogen-bond acceptors (Lipinski definition) is 2. The van der Waals surface area contributed by atoms with E-state index in [4.69, 9.17) is 16.3 Å². The van der Waals surface area contributed by atoms with E-state index in [9.17, 15) is 5.11 Å². The van der Waals surface area contributed by atoms with Crippen molar-refractivity contribution in [2.75, 3.05) is 13.2 Å². The maximum atomic E-state index is 9.41. The number of hydrogen-bond donors (Lipinski definition) is 1. The van der Waals surface area contributed by atoms with Gasteiger partial charge in [-0.3, -0.25) is 0 Å². The number of benzene rings is 2. The zero-order chi connectivity index (χ0) is 12.8. The average Bonchev–Trinajstić information content (AvgIpc) is 2.42. The van der Waals surface area contributed by atoms with Crippen LogP contribution in [0.4, 0.5) is 0 Å². The first-order chi connectivity index (χ1) is 8.81. The summed E-state index contributed by atoms with van der Waals surface area (Å²) in [6.07, 6.45) is 0. The van der Waals surface area contributed by atoms with Gasteiger partial charge in [0.05, 0.1) is 18.2 Å². The number of ether oxygens (including phenoxy) is 1. The Morgan fingerprint density at radius 3 is 2.33 bits per heavy atom. The Labute approximate surface area is 112 Å². The molecule has 1 N–H and O–H groups in total. The van der Waals surface area contributed by atoms with Crippen LogP contribution in [0, 0.1) is 0 Å². The topological polar surface area (TPSA) is 29.5 Å². The van der Waals surface area contributed by atoms with Gasteiger partial charge in [0.15, 0.2) is 0 Å². The summed E-state index contributed by atoms with van der Waals surface area (Å²) in [6, 6.07) is 17.2. The molecule has 0 bridgehead atoms. The highest BCUT2D eigenvalue weighted by Gasteiger charge is 2.11. The monoisotopic (exact) mass is 262 g/mol. The Morgan fingerprint density at radius 2 is 1.67 bits per heavy atom. The van der Waals surface area contributed by atoms with Crippen molar-refractivity contribution in [1.82, 2.24) is 0 Å². The molecule has 3 heteroatoms. The summed E-state index contributed by atoms with van der Waals surface area (Å²) in [4.78, 5) is 0. The molecule has 0 aliphatic carbocycles. The Hall–Kier alpha value is -1.51. The number of halogens is 1. The van der Waals surface area contributed by atoms with Gasteiger partial charge in [-0.25, -0.2) is 0 Å². The van der Waals surface area contributed by atoms with E-state index in [1.165, 1.54) is 0 Å². The lowest BCUT2D eigenvalue weighted by Gasteiger charge is -2.16. The van der Waals surface area contributed by atoms with E-state index in [1.807, 2.05) is 48.5 Å². The van der Waals surface area contributed by atoms with E-state index in [0.717, 1.165) is 5.56 Å². The molecule has 2 aromatic carbocycles. The van der Waals surface area contributed by atoms with Crippen LogP contribution in [0.1, 0.15) is 11.5 Å². The van der Waals surface area contributed by atoms with Crippen molar-refractivity contribution in [3.8, 4) is 5.75 Å². The maximum Gasteiger partial charge on any atom is 0.137 e. The SMILES string of the molecule is OCC(COc1ccccc1Cl)c1ccccc1. The van der Waals surface area contributed by atoms with E-state index in [0.29, 0.717) is 17.4 Å². The molecule has 18 heavy (non-hydrogen) atoms. The van der Waals surface area contributed by atoms with Crippen molar-refractivity contribution in [3.63, 3.8) is 0 Å². The fourth-order valence-corrected chi connectivity index (χ4v) is 1.92. The van der Waals surface area contributed by atoms with Gasteiger partial charge in [-0.2, -0.15) is 0 Å². The molecule has 0 fully saturated rings. The molecule has 2 rings (SSSR count). The third-order valence-corrected chi connectivity index (χ3v) is 3.08. The molecule has 0 amide bonds. The van der Waals surface area contributed by atoms with Crippen LogP contribution in [-0.2, 0) is 0 Å². The summed E-state index contributed by atoms with van der Waals surface area (Å²) in [5, 5.41) is 10.00. The fraction of sp³-hybridized carbons (Fsp3) is 0.200. The lowest BCUT2D eigenvalue weighted by Crippen LogP contribution is -2.14. The standard InChI is InChI=1S/C15H15ClO2/c16-14-8-4-5-9-15(14)18-11-13(10-17)12-6-2-1-3-7-12/h1-9,13,17H,10-11H2. The Morgan fingerprint density at radius 1 is 1.00 bits per heavy atom. The molecule has 0 heterocycles. The van der Waals surface area contributed by atoms with Gasteiger partial charge in [-0.05, 0) is 17.7 Å². The number of rotatable bonds is 5. The van der Waals surface area contributed by atoms with Crippen LogP contribution < -0.4 is 4.74 Å². The van der Waals surface area contributed by atoms with Gasteiger partial charge in [0.2, 0.25) is 0 Å². The van der Waals surface area contributed by atoms with E-state index >= 15 is 0 Å². The summed E-state index contributed by atoms with van der Waals surface area (Å²) in [5.74, 6) is 0.607. The first-order valence-electron chi connectivity index (χ1n) is 5.84. The van der Waals surface area contributed by atoms with E-state index in [1.54, 1.807) is 6.07 Å². The molecule has 0 aromatic heterocycles. The van der Waals surface area contributed by atoms with E-state index in [-0.39, 0.29) is 12.5 Å². The first kappa shape index (κ1) is 12.9. The second-order valence-corrected chi connectivity index (χ2v) is 4.44. The largest absolute Gasteiger partial charge is 0.491 e. The minimum Gasteiger partial charge on any atom is -0.491 e. The summed E-state index contributed by atoms with van der Waals surface area (Å²) < 4.78 is 5.65. The van der Waals surface area contributed by atoms with Crippen LogP contribution >= 0.6 is 11.6 Å². The molecular weight excluding hydrogens is 248 g/mol. The molecule has 0 saturated carbocycles. The van der Waals surface area contributed by atoms with Crippen LogP contribution in [0.25, 0.3) is 0 Å². The Bertz CT molecular complexity index is 485. The van der Waals surface area contributed by atoms with Gasteiger partial charge in [0.25, 0.3) is 0 Å². The molecule has 2 aromatic rings. The van der Waals surface area contributed by atoms with E-state index in [2.05, 4.69) is 0 Å². The molecule has 0 aliphatic rings. The molecule has 94 valence electrons. The van der Waals surface area contributed by atoms with Crippen LogP contribution in [0.3, 0.4) is 0 Å². The van der Waals surface area contributed by atoms with Crippen molar-refractivity contribution in [2.24, 2.45) is 0 Å². The predicted octanol–water partition coefficient (Wildman–Crippen LogP) is 3.49. The Kier molecular flexibility index (Phi) is 4.62. The minimum absolute atomic E-state index is 0.0394. The molecular formula is C15H15ClO2. The van der Waals surface area contributed by atoms with Crippen molar-refractivity contribution in [3.05, 3.63) is 65.2 Å². The molecule has 0 spiro atoms. The molecule has 0 aliphatic heterocycles. The molecule has 1 atom stereocenters. The van der Waals surface area contributed by atoms with Crippen LogP contribution in [0.5, 0.6) is 5.75 Å².